The molecule has 0 unspecified atom stereocenters. The molecule has 1 aromatic rings. The van der Waals surface area contributed by atoms with Gasteiger partial charge in [0.1, 0.15) is 5.78 Å². The maximum absolute atomic E-state index is 11.4. The van der Waals surface area contributed by atoms with Crippen LogP contribution in [0.1, 0.15) is 26.3 Å². The van der Waals surface area contributed by atoms with Crippen molar-refractivity contribution in [2.24, 2.45) is 12.5 Å². The number of carbonyl (C=O) groups is 1. The van der Waals surface area contributed by atoms with Crippen molar-refractivity contribution in [2.75, 3.05) is 13.6 Å². The van der Waals surface area contributed by atoms with Crippen LogP contribution in [-0.2, 0) is 18.4 Å². The van der Waals surface area contributed by atoms with Crippen LogP contribution in [0.5, 0.6) is 0 Å². The van der Waals surface area contributed by atoms with Gasteiger partial charge in [-0.05, 0) is 14.0 Å². The number of ketones is 1. The minimum atomic E-state index is -0.281. The average Bonchev–Trinajstić information content (AvgIpc) is 2.49. The fourth-order valence-corrected chi connectivity index (χ4v) is 1.71. The summed E-state index contributed by atoms with van der Waals surface area (Å²) in [5.74, 6) is 0.227. The molecule has 0 aliphatic rings. The van der Waals surface area contributed by atoms with Crippen LogP contribution in [-0.4, -0.2) is 34.1 Å². The largest absolute Gasteiger partial charge is 0.301 e. The lowest BCUT2D eigenvalue weighted by Crippen LogP contribution is -2.35. The van der Waals surface area contributed by atoms with E-state index in [0.29, 0.717) is 0 Å². The number of hydrogen-bond donors (Lipinski definition) is 0. The first-order chi connectivity index (χ1) is 7.31. The van der Waals surface area contributed by atoms with Crippen LogP contribution < -0.4 is 0 Å². The van der Waals surface area contributed by atoms with Gasteiger partial charge in [-0.1, -0.05) is 13.8 Å². The topological polar surface area (TPSA) is 38.1 Å². The van der Waals surface area contributed by atoms with Crippen LogP contribution in [0.2, 0.25) is 0 Å². The number of Topliss-reactive ketones (excluding diaryl/α,β-unsaturated/α-hetero) is 1. The van der Waals surface area contributed by atoms with Gasteiger partial charge in [0.05, 0.1) is 6.20 Å². The van der Waals surface area contributed by atoms with E-state index in [4.69, 9.17) is 0 Å². The van der Waals surface area contributed by atoms with Gasteiger partial charge in [-0.3, -0.25) is 9.48 Å². The van der Waals surface area contributed by atoms with E-state index in [9.17, 15) is 4.79 Å². The van der Waals surface area contributed by atoms with E-state index >= 15 is 0 Å². The lowest BCUT2D eigenvalue weighted by Gasteiger charge is -2.27. The van der Waals surface area contributed by atoms with Crippen molar-refractivity contribution in [1.29, 1.82) is 0 Å². The molecule has 0 atom stereocenters. The van der Waals surface area contributed by atoms with Gasteiger partial charge in [-0.2, -0.15) is 5.10 Å². The molecule has 0 bridgehead atoms. The Morgan fingerprint density at radius 2 is 2.19 bits per heavy atom. The molecule has 0 radical (unpaired) electrons. The molecule has 0 fully saturated rings. The fourth-order valence-electron chi connectivity index (χ4n) is 1.71. The van der Waals surface area contributed by atoms with Gasteiger partial charge >= 0.3 is 0 Å². The summed E-state index contributed by atoms with van der Waals surface area (Å²) in [6.07, 6.45) is 3.86. The molecule has 1 aromatic heterocycles. The van der Waals surface area contributed by atoms with Crippen molar-refractivity contribution in [1.82, 2.24) is 14.7 Å². The molecule has 1 rings (SSSR count). The molecule has 0 aliphatic carbocycles. The molecule has 0 spiro atoms. The Balaban J connectivity index is 2.54. The van der Waals surface area contributed by atoms with Crippen LogP contribution in [0.4, 0.5) is 0 Å². The van der Waals surface area contributed by atoms with Crippen LogP contribution in [0, 0.1) is 5.41 Å². The predicted octanol–water partition coefficient (Wildman–Crippen LogP) is 1.47. The number of aryl methyl sites for hydroxylation is 1. The summed E-state index contributed by atoms with van der Waals surface area (Å²) in [5.41, 5.74) is 0.890. The van der Waals surface area contributed by atoms with Gasteiger partial charge < -0.3 is 4.90 Å². The van der Waals surface area contributed by atoms with E-state index in [2.05, 4.69) is 10.00 Å². The summed E-state index contributed by atoms with van der Waals surface area (Å²) < 4.78 is 1.79. The van der Waals surface area contributed by atoms with Crippen LogP contribution in [0.15, 0.2) is 12.4 Å². The summed E-state index contributed by atoms with van der Waals surface area (Å²) >= 11 is 0. The van der Waals surface area contributed by atoms with Crippen LogP contribution in [0.3, 0.4) is 0 Å². The summed E-state index contributed by atoms with van der Waals surface area (Å²) in [4.78, 5) is 13.6. The van der Waals surface area contributed by atoms with E-state index in [0.717, 1.165) is 13.1 Å². The molecule has 4 nitrogen and oxygen atoms in total. The van der Waals surface area contributed by atoms with Crippen molar-refractivity contribution in [3.05, 3.63) is 18.0 Å². The molecule has 0 aromatic carbocycles. The number of carbonyl (C=O) groups excluding carboxylic acids is 1. The van der Waals surface area contributed by atoms with Gasteiger partial charge in [0.25, 0.3) is 0 Å². The Hall–Kier alpha value is -1.16. The highest BCUT2D eigenvalue weighted by atomic mass is 16.1. The second kappa shape index (κ2) is 4.78. The van der Waals surface area contributed by atoms with Gasteiger partial charge in [0.2, 0.25) is 0 Å². The Morgan fingerprint density at radius 3 is 2.62 bits per heavy atom. The van der Waals surface area contributed by atoms with E-state index in [1.54, 1.807) is 11.6 Å². The van der Waals surface area contributed by atoms with Gasteiger partial charge in [0.15, 0.2) is 0 Å². The predicted molar refractivity (Wildman–Crippen MR) is 64.0 cm³/mol. The molecule has 0 saturated carbocycles. The van der Waals surface area contributed by atoms with Crippen LogP contribution >= 0.6 is 0 Å². The van der Waals surface area contributed by atoms with E-state index < -0.39 is 0 Å². The van der Waals surface area contributed by atoms with Crippen LogP contribution in [0.25, 0.3) is 0 Å². The summed E-state index contributed by atoms with van der Waals surface area (Å²) in [6.45, 7) is 7.20. The van der Waals surface area contributed by atoms with E-state index in [1.807, 2.05) is 40.3 Å². The molecule has 0 amide bonds. The van der Waals surface area contributed by atoms with Crippen molar-refractivity contribution >= 4 is 5.78 Å². The maximum Gasteiger partial charge on any atom is 0.136 e. The first-order valence-corrected chi connectivity index (χ1v) is 5.48. The molecular weight excluding hydrogens is 202 g/mol. The van der Waals surface area contributed by atoms with Gasteiger partial charge in [0, 0.05) is 37.3 Å². The first-order valence-electron chi connectivity index (χ1n) is 5.48. The number of aromatic nitrogens is 2. The quantitative estimate of drug-likeness (QED) is 0.758. The second-order valence-electron chi connectivity index (χ2n) is 5.13. The first kappa shape index (κ1) is 12.9. The highest BCUT2D eigenvalue weighted by molar-refractivity contribution is 5.81. The molecule has 4 heteroatoms. The summed E-state index contributed by atoms with van der Waals surface area (Å²) in [6, 6.07) is 0. The molecule has 0 saturated heterocycles. The number of nitrogens with zero attached hydrogens (tertiary/aromatic N) is 3. The monoisotopic (exact) mass is 223 g/mol. The number of rotatable bonds is 5. The average molecular weight is 223 g/mol. The third kappa shape index (κ3) is 3.45. The standard InChI is InChI=1S/C12H21N3O/c1-10(16)12(2,3)9-14(4)7-11-6-13-15(5)8-11/h6,8H,7,9H2,1-5H3. The SMILES string of the molecule is CC(=O)C(C)(C)CN(C)Cc1cnn(C)c1. The Morgan fingerprint density at radius 1 is 1.56 bits per heavy atom. The highest BCUT2D eigenvalue weighted by Crippen LogP contribution is 2.18. The maximum atomic E-state index is 11.4. The van der Waals surface area contributed by atoms with Crippen molar-refractivity contribution in [3.63, 3.8) is 0 Å². The molecule has 90 valence electrons. The Kier molecular flexibility index (Phi) is 3.86. The minimum absolute atomic E-state index is 0.227. The third-order valence-electron chi connectivity index (χ3n) is 2.83. The zero-order valence-electron chi connectivity index (χ0n) is 10.8. The summed E-state index contributed by atoms with van der Waals surface area (Å²) in [7, 11) is 3.93. The molecule has 1 heterocycles. The third-order valence-corrected chi connectivity index (χ3v) is 2.83. The lowest BCUT2D eigenvalue weighted by molar-refractivity contribution is -0.125. The van der Waals surface area contributed by atoms with Gasteiger partial charge in [-0.25, -0.2) is 0 Å². The highest BCUT2D eigenvalue weighted by Gasteiger charge is 2.25. The lowest BCUT2D eigenvalue weighted by atomic mass is 9.88. The van der Waals surface area contributed by atoms with E-state index in [-0.39, 0.29) is 11.2 Å². The van der Waals surface area contributed by atoms with Crippen molar-refractivity contribution < 1.29 is 4.79 Å². The zero-order valence-corrected chi connectivity index (χ0v) is 10.8. The smallest absolute Gasteiger partial charge is 0.136 e. The molecule has 16 heavy (non-hydrogen) atoms. The number of hydrogen-bond acceptors (Lipinski definition) is 3. The molecular formula is C12H21N3O. The molecule has 0 aliphatic heterocycles. The Bertz CT molecular complexity index is 368. The second-order valence-corrected chi connectivity index (χ2v) is 5.13. The molecule has 0 N–H and O–H groups in total. The Labute approximate surface area is 97.2 Å². The fraction of sp³-hybridized carbons (Fsp3) is 0.667. The zero-order chi connectivity index (χ0) is 12.3. The van der Waals surface area contributed by atoms with E-state index in [1.165, 1.54) is 5.56 Å². The van der Waals surface area contributed by atoms with Gasteiger partial charge in [-0.15, -0.1) is 0 Å². The van der Waals surface area contributed by atoms with Crippen molar-refractivity contribution in [2.45, 2.75) is 27.3 Å². The van der Waals surface area contributed by atoms with Crippen molar-refractivity contribution in [3.8, 4) is 0 Å². The summed E-state index contributed by atoms with van der Waals surface area (Å²) in [5, 5.41) is 4.12. The minimum Gasteiger partial charge on any atom is -0.301 e. The normalized spacial score (nSPS) is 12.1.